The van der Waals surface area contributed by atoms with E-state index in [2.05, 4.69) is 95.3 Å². The molecule has 0 spiro atoms. The third-order valence-corrected chi connectivity index (χ3v) is 10.9. The Balaban J connectivity index is 2.29. The lowest BCUT2D eigenvalue weighted by molar-refractivity contribution is 0.0904. The van der Waals surface area contributed by atoms with E-state index >= 15 is 0 Å². The fraction of sp³-hybridized carbons (Fsp3) is 0.520. The van der Waals surface area contributed by atoms with Crippen LogP contribution >= 0.6 is 0 Å². The molecule has 2 atom stereocenters. The average molecular weight is 399 g/mol. The second-order valence-electron chi connectivity index (χ2n) is 8.99. The van der Waals surface area contributed by atoms with Crippen molar-refractivity contribution in [3.63, 3.8) is 0 Å². The molecule has 154 valence electrons. The molecule has 2 rings (SSSR count). The second-order valence-corrected chi connectivity index (χ2v) is 13.3. The molecule has 0 aliphatic carbocycles. The quantitative estimate of drug-likeness (QED) is 0.562. The Morgan fingerprint density at radius 2 is 1.39 bits per heavy atom. The zero-order valence-corrected chi connectivity index (χ0v) is 19.3. The van der Waals surface area contributed by atoms with Crippen molar-refractivity contribution in [2.75, 3.05) is 6.61 Å². The van der Waals surface area contributed by atoms with Gasteiger partial charge >= 0.3 is 0 Å². The highest BCUT2D eigenvalue weighted by Crippen LogP contribution is 2.37. The zero-order valence-electron chi connectivity index (χ0n) is 18.3. The van der Waals surface area contributed by atoms with Crippen molar-refractivity contribution in [3.05, 3.63) is 60.7 Å². The van der Waals surface area contributed by atoms with Gasteiger partial charge in [-0.1, -0.05) is 108 Å². The highest BCUT2D eigenvalue weighted by molar-refractivity contribution is 6.99. The van der Waals surface area contributed by atoms with Gasteiger partial charge in [0, 0.05) is 6.61 Å². The maximum atomic E-state index is 10.4. The first-order valence-electron chi connectivity index (χ1n) is 10.8. The Hall–Kier alpha value is -1.42. The van der Waals surface area contributed by atoms with Crippen LogP contribution in [0.1, 0.15) is 60.3 Å². The average Bonchev–Trinajstić information content (AvgIpc) is 2.69. The third kappa shape index (κ3) is 5.34. The molecule has 28 heavy (non-hydrogen) atoms. The second kappa shape index (κ2) is 10.4. The van der Waals surface area contributed by atoms with Crippen LogP contribution < -0.4 is 10.4 Å². The SMILES string of the molecule is CCCC[C@@H](O)[C@@H](C)CCO[Si](c1ccccc1)(c1ccccc1)C(C)(C)C. The normalized spacial score (nSPS) is 14.6. The van der Waals surface area contributed by atoms with E-state index in [1.165, 1.54) is 10.4 Å². The Morgan fingerprint density at radius 1 is 0.893 bits per heavy atom. The minimum Gasteiger partial charge on any atom is -0.407 e. The monoisotopic (exact) mass is 398 g/mol. The lowest BCUT2D eigenvalue weighted by Gasteiger charge is -2.43. The fourth-order valence-corrected chi connectivity index (χ4v) is 8.63. The van der Waals surface area contributed by atoms with Crippen molar-refractivity contribution >= 4 is 18.7 Å². The summed E-state index contributed by atoms with van der Waals surface area (Å²) in [4.78, 5) is 0. The minimum atomic E-state index is -2.46. The molecular formula is C25H38O2Si. The number of aliphatic hydroxyl groups excluding tert-OH is 1. The van der Waals surface area contributed by atoms with Gasteiger partial charge in [0.15, 0.2) is 0 Å². The maximum Gasteiger partial charge on any atom is 0.261 e. The standard InChI is InChI=1S/C25H38O2Si/c1-6-7-18-24(26)21(2)19-20-27-28(25(3,4)5,22-14-10-8-11-15-22)23-16-12-9-13-17-23/h8-17,21,24,26H,6-7,18-20H2,1-5H3/t21-,24+/m0/s1. The van der Waals surface area contributed by atoms with Crippen LogP contribution in [0.15, 0.2) is 60.7 Å². The molecule has 2 aromatic carbocycles. The molecule has 2 nitrogen and oxygen atoms in total. The van der Waals surface area contributed by atoms with Gasteiger partial charge in [-0.3, -0.25) is 0 Å². The van der Waals surface area contributed by atoms with Crippen molar-refractivity contribution in [3.8, 4) is 0 Å². The number of rotatable bonds is 10. The molecule has 0 fully saturated rings. The molecule has 0 radical (unpaired) electrons. The summed E-state index contributed by atoms with van der Waals surface area (Å²) in [5.41, 5.74) is 0. The molecule has 0 amide bonds. The van der Waals surface area contributed by atoms with Gasteiger partial charge in [-0.15, -0.1) is 0 Å². The summed E-state index contributed by atoms with van der Waals surface area (Å²) in [5, 5.41) is 13.1. The van der Waals surface area contributed by atoms with Crippen LogP contribution in [0.3, 0.4) is 0 Å². The Labute approximate surface area is 173 Å². The van der Waals surface area contributed by atoms with Gasteiger partial charge in [0.25, 0.3) is 8.32 Å². The summed E-state index contributed by atoms with van der Waals surface area (Å²) in [5.74, 6) is 0.254. The molecule has 0 aliphatic rings. The summed E-state index contributed by atoms with van der Waals surface area (Å²) in [6.07, 6.45) is 3.75. The molecular weight excluding hydrogens is 360 g/mol. The van der Waals surface area contributed by atoms with Crippen molar-refractivity contribution < 1.29 is 9.53 Å². The summed E-state index contributed by atoms with van der Waals surface area (Å²) in [6.45, 7) is 11.9. The minimum absolute atomic E-state index is 0.000227. The van der Waals surface area contributed by atoms with E-state index in [0.29, 0.717) is 6.61 Å². The molecule has 3 heteroatoms. The van der Waals surface area contributed by atoms with Gasteiger partial charge in [-0.2, -0.15) is 0 Å². The van der Waals surface area contributed by atoms with Gasteiger partial charge in [0.05, 0.1) is 6.10 Å². The van der Waals surface area contributed by atoms with E-state index in [-0.39, 0.29) is 17.1 Å². The predicted octanol–water partition coefficient (Wildman–Crippen LogP) is 5.14. The van der Waals surface area contributed by atoms with Gasteiger partial charge in [0.2, 0.25) is 0 Å². The van der Waals surface area contributed by atoms with Crippen LogP contribution in [-0.2, 0) is 4.43 Å². The Bertz CT molecular complexity index is 639. The van der Waals surface area contributed by atoms with Gasteiger partial charge in [-0.25, -0.2) is 0 Å². The van der Waals surface area contributed by atoms with Crippen LogP contribution in [0, 0.1) is 5.92 Å². The molecule has 0 saturated carbocycles. The van der Waals surface area contributed by atoms with Crippen molar-refractivity contribution in [1.82, 2.24) is 0 Å². The van der Waals surface area contributed by atoms with E-state index in [9.17, 15) is 5.11 Å². The number of hydrogen-bond acceptors (Lipinski definition) is 2. The van der Waals surface area contributed by atoms with Crippen LogP contribution in [-0.4, -0.2) is 26.1 Å². The van der Waals surface area contributed by atoms with Crippen LogP contribution in [0.2, 0.25) is 5.04 Å². The first-order chi connectivity index (χ1) is 13.3. The molecule has 0 unspecified atom stereocenters. The number of unbranched alkanes of at least 4 members (excludes halogenated alkanes) is 1. The molecule has 0 saturated heterocycles. The van der Waals surface area contributed by atoms with Gasteiger partial charge < -0.3 is 9.53 Å². The number of hydrogen-bond donors (Lipinski definition) is 1. The lowest BCUT2D eigenvalue weighted by atomic mass is 9.97. The smallest absolute Gasteiger partial charge is 0.261 e. The van der Waals surface area contributed by atoms with Crippen molar-refractivity contribution in [2.24, 2.45) is 5.92 Å². The molecule has 1 N–H and O–H groups in total. The molecule has 0 heterocycles. The fourth-order valence-electron chi connectivity index (χ4n) is 4.05. The topological polar surface area (TPSA) is 29.5 Å². The van der Waals surface area contributed by atoms with E-state index in [0.717, 1.165) is 25.7 Å². The molecule has 0 bridgehead atoms. The van der Waals surface area contributed by atoms with E-state index in [1.54, 1.807) is 0 Å². The first-order valence-corrected chi connectivity index (χ1v) is 12.7. The van der Waals surface area contributed by atoms with Crippen molar-refractivity contribution in [1.29, 1.82) is 0 Å². The molecule has 2 aromatic rings. The third-order valence-electron chi connectivity index (χ3n) is 5.82. The molecule has 0 aromatic heterocycles. The zero-order chi connectivity index (χ0) is 20.6. The summed E-state index contributed by atoms with van der Waals surface area (Å²) in [7, 11) is -2.46. The number of benzene rings is 2. The number of aliphatic hydroxyl groups is 1. The van der Waals surface area contributed by atoms with Gasteiger partial charge in [-0.05, 0) is 34.2 Å². The highest BCUT2D eigenvalue weighted by atomic mass is 28.4. The van der Waals surface area contributed by atoms with Crippen molar-refractivity contribution in [2.45, 2.75) is 71.4 Å². The highest BCUT2D eigenvalue weighted by Gasteiger charge is 2.50. The van der Waals surface area contributed by atoms with Gasteiger partial charge in [0.1, 0.15) is 0 Å². The lowest BCUT2D eigenvalue weighted by Crippen LogP contribution is -2.66. The Morgan fingerprint density at radius 3 is 1.82 bits per heavy atom. The summed E-state index contributed by atoms with van der Waals surface area (Å²) in [6, 6.07) is 21.5. The molecule has 0 aliphatic heterocycles. The predicted molar refractivity (Wildman–Crippen MR) is 123 cm³/mol. The van der Waals surface area contributed by atoms with E-state index < -0.39 is 8.32 Å². The summed E-state index contributed by atoms with van der Waals surface area (Å²) >= 11 is 0. The van der Waals surface area contributed by atoms with Crippen LogP contribution in [0.5, 0.6) is 0 Å². The Kier molecular flexibility index (Phi) is 8.48. The maximum absolute atomic E-state index is 10.4. The first kappa shape index (κ1) is 22.9. The largest absolute Gasteiger partial charge is 0.407 e. The summed E-state index contributed by atoms with van der Waals surface area (Å²) < 4.78 is 6.92. The van der Waals surface area contributed by atoms with E-state index in [4.69, 9.17) is 4.43 Å². The van der Waals surface area contributed by atoms with E-state index in [1.807, 2.05) is 0 Å². The van der Waals surface area contributed by atoms with Crippen LogP contribution in [0.4, 0.5) is 0 Å². The van der Waals surface area contributed by atoms with Crippen LogP contribution in [0.25, 0.3) is 0 Å².